The molecule has 1 atom stereocenters. The minimum Gasteiger partial charge on any atom is -0.343 e. The summed E-state index contributed by atoms with van der Waals surface area (Å²) >= 11 is 0. The first-order valence-electron chi connectivity index (χ1n) is 6.54. The van der Waals surface area contributed by atoms with Crippen LogP contribution in [0, 0.1) is 11.8 Å². The van der Waals surface area contributed by atoms with Gasteiger partial charge >= 0.3 is 0 Å². The van der Waals surface area contributed by atoms with E-state index < -0.39 is 6.17 Å². The molecule has 2 aliphatic rings. The van der Waals surface area contributed by atoms with Gasteiger partial charge in [-0.05, 0) is 50.4 Å². The van der Waals surface area contributed by atoms with Gasteiger partial charge in [-0.15, -0.1) is 0 Å². The Bertz CT molecular complexity index is 248. The van der Waals surface area contributed by atoms with Crippen molar-refractivity contribution in [2.75, 3.05) is 13.1 Å². The molecule has 2 fully saturated rings. The third kappa shape index (κ3) is 2.96. The SMILES string of the molecule is CC(=O)N1CCC(CC2CCC(F)CC2)C1. The van der Waals surface area contributed by atoms with E-state index in [1.807, 2.05) is 4.90 Å². The molecule has 1 unspecified atom stereocenters. The third-order valence-electron chi connectivity index (χ3n) is 4.17. The van der Waals surface area contributed by atoms with Crippen molar-refractivity contribution in [2.45, 2.75) is 51.6 Å². The molecule has 1 amide bonds. The molecule has 0 N–H and O–H groups in total. The standard InChI is InChI=1S/C13H22FNO/c1-10(16)15-7-6-12(9-15)8-11-2-4-13(14)5-3-11/h11-13H,2-9H2,1H3. The van der Waals surface area contributed by atoms with Gasteiger partial charge in [-0.2, -0.15) is 0 Å². The van der Waals surface area contributed by atoms with E-state index in [2.05, 4.69) is 0 Å². The van der Waals surface area contributed by atoms with E-state index >= 15 is 0 Å². The molecule has 92 valence electrons. The van der Waals surface area contributed by atoms with Crippen molar-refractivity contribution in [2.24, 2.45) is 11.8 Å². The second kappa shape index (κ2) is 5.15. The second-order valence-electron chi connectivity index (χ2n) is 5.47. The second-order valence-corrected chi connectivity index (χ2v) is 5.47. The zero-order chi connectivity index (χ0) is 11.5. The summed E-state index contributed by atoms with van der Waals surface area (Å²) < 4.78 is 13.0. The van der Waals surface area contributed by atoms with Crippen LogP contribution in [0.1, 0.15) is 45.4 Å². The monoisotopic (exact) mass is 227 g/mol. The van der Waals surface area contributed by atoms with Gasteiger partial charge in [0, 0.05) is 20.0 Å². The summed E-state index contributed by atoms with van der Waals surface area (Å²) in [5, 5.41) is 0. The van der Waals surface area contributed by atoms with Gasteiger partial charge in [-0.1, -0.05) is 0 Å². The molecule has 3 heteroatoms. The van der Waals surface area contributed by atoms with Crippen LogP contribution in [-0.2, 0) is 4.79 Å². The van der Waals surface area contributed by atoms with E-state index in [9.17, 15) is 9.18 Å². The lowest BCUT2D eigenvalue weighted by Gasteiger charge is -2.26. The van der Waals surface area contributed by atoms with Crippen molar-refractivity contribution in [1.29, 1.82) is 0 Å². The first kappa shape index (κ1) is 11.9. The summed E-state index contributed by atoms with van der Waals surface area (Å²) in [5.74, 6) is 1.59. The minimum absolute atomic E-state index is 0.204. The summed E-state index contributed by atoms with van der Waals surface area (Å²) in [6.07, 6.45) is 5.43. The lowest BCUT2D eigenvalue weighted by Crippen LogP contribution is -2.26. The maximum Gasteiger partial charge on any atom is 0.219 e. The highest BCUT2D eigenvalue weighted by Crippen LogP contribution is 2.33. The molecule has 1 aliphatic carbocycles. The van der Waals surface area contributed by atoms with Crippen LogP contribution in [0.2, 0.25) is 0 Å². The van der Waals surface area contributed by atoms with Crippen LogP contribution in [0.15, 0.2) is 0 Å². The highest BCUT2D eigenvalue weighted by atomic mass is 19.1. The summed E-state index contributed by atoms with van der Waals surface area (Å²) in [5.41, 5.74) is 0. The average Bonchev–Trinajstić information content (AvgIpc) is 2.70. The number of carbonyl (C=O) groups is 1. The summed E-state index contributed by atoms with van der Waals surface area (Å²) in [4.78, 5) is 13.2. The van der Waals surface area contributed by atoms with Gasteiger partial charge < -0.3 is 4.90 Å². The Balaban J connectivity index is 1.73. The van der Waals surface area contributed by atoms with Crippen LogP contribution in [0.25, 0.3) is 0 Å². The number of likely N-dealkylation sites (tertiary alicyclic amines) is 1. The van der Waals surface area contributed by atoms with Crippen LogP contribution >= 0.6 is 0 Å². The molecular formula is C13H22FNO. The Labute approximate surface area is 97.2 Å². The van der Waals surface area contributed by atoms with Gasteiger partial charge in [0.1, 0.15) is 6.17 Å². The fourth-order valence-electron chi connectivity index (χ4n) is 3.14. The highest BCUT2D eigenvalue weighted by Gasteiger charge is 2.28. The summed E-state index contributed by atoms with van der Waals surface area (Å²) in [7, 11) is 0. The van der Waals surface area contributed by atoms with E-state index in [0.29, 0.717) is 11.8 Å². The number of carbonyl (C=O) groups excluding carboxylic acids is 1. The zero-order valence-corrected chi connectivity index (χ0v) is 10.1. The number of hydrogen-bond donors (Lipinski definition) is 0. The van der Waals surface area contributed by atoms with Gasteiger partial charge in [0.25, 0.3) is 0 Å². The predicted molar refractivity (Wildman–Crippen MR) is 61.8 cm³/mol. The van der Waals surface area contributed by atoms with Crippen molar-refractivity contribution in [1.82, 2.24) is 4.90 Å². The number of nitrogens with zero attached hydrogens (tertiary/aromatic N) is 1. The quantitative estimate of drug-likeness (QED) is 0.710. The first-order chi connectivity index (χ1) is 7.65. The fourth-order valence-corrected chi connectivity index (χ4v) is 3.14. The highest BCUT2D eigenvalue weighted by molar-refractivity contribution is 5.73. The Morgan fingerprint density at radius 1 is 1.19 bits per heavy atom. The molecule has 0 aromatic heterocycles. The van der Waals surface area contributed by atoms with Gasteiger partial charge in [-0.25, -0.2) is 4.39 Å². The molecular weight excluding hydrogens is 205 g/mol. The van der Waals surface area contributed by atoms with Crippen molar-refractivity contribution >= 4 is 5.91 Å². The van der Waals surface area contributed by atoms with Crippen LogP contribution in [0.4, 0.5) is 4.39 Å². The topological polar surface area (TPSA) is 20.3 Å². The van der Waals surface area contributed by atoms with Gasteiger partial charge in [0.15, 0.2) is 0 Å². The molecule has 0 aromatic rings. The number of rotatable bonds is 2. The zero-order valence-electron chi connectivity index (χ0n) is 10.1. The lowest BCUT2D eigenvalue weighted by molar-refractivity contribution is -0.127. The molecule has 0 aromatic carbocycles. The first-order valence-corrected chi connectivity index (χ1v) is 6.54. The smallest absolute Gasteiger partial charge is 0.219 e. The van der Waals surface area contributed by atoms with Crippen molar-refractivity contribution < 1.29 is 9.18 Å². The van der Waals surface area contributed by atoms with Crippen molar-refractivity contribution in [3.05, 3.63) is 0 Å². The van der Waals surface area contributed by atoms with Crippen LogP contribution in [0.5, 0.6) is 0 Å². The maximum absolute atomic E-state index is 13.0. The average molecular weight is 227 g/mol. The number of hydrogen-bond acceptors (Lipinski definition) is 1. The lowest BCUT2D eigenvalue weighted by atomic mass is 9.82. The molecule has 0 bridgehead atoms. The van der Waals surface area contributed by atoms with E-state index in [0.717, 1.165) is 45.2 Å². The minimum atomic E-state index is -0.548. The summed E-state index contributed by atoms with van der Waals surface area (Å²) in [6, 6.07) is 0. The Kier molecular flexibility index (Phi) is 3.82. The molecule has 1 heterocycles. The fraction of sp³-hybridized carbons (Fsp3) is 0.923. The predicted octanol–water partition coefficient (Wildman–Crippen LogP) is 2.77. The maximum atomic E-state index is 13.0. The van der Waals surface area contributed by atoms with Crippen LogP contribution < -0.4 is 0 Å². The molecule has 0 radical (unpaired) electrons. The van der Waals surface area contributed by atoms with Crippen LogP contribution in [0.3, 0.4) is 0 Å². The van der Waals surface area contributed by atoms with Crippen molar-refractivity contribution in [3.63, 3.8) is 0 Å². The number of amides is 1. The van der Waals surface area contributed by atoms with Gasteiger partial charge in [0.05, 0.1) is 0 Å². The van der Waals surface area contributed by atoms with Crippen molar-refractivity contribution in [3.8, 4) is 0 Å². The van der Waals surface area contributed by atoms with Gasteiger partial charge in [0.2, 0.25) is 5.91 Å². The molecule has 16 heavy (non-hydrogen) atoms. The molecule has 1 aliphatic heterocycles. The van der Waals surface area contributed by atoms with E-state index in [4.69, 9.17) is 0 Å². The Morgan fingerprint density at radius 3 is 2.44 bits per heavy atom. The third-order valence-corrected chi connectivity index (χ3v) is 4.17. The molecule has 0 spiro atoms. The van der Waals surface area contributed by atoms with Crippen LogP contribution in [-0.4, -0.2) is 30.1 Å². The number of halogens is 1. The van der Waals surface area contributed by atoms with E-state index in [1.165, 1.54) is 6.42 Å². The molecule has 2 rings (SSSR count). The Hall–Kier alpha value is -0.600. The number of alkyl halides is 1. The largest absolute Gasteiger partial charge is 0.343 e. The Morgan fingerprint density at radius 2 is 1.88 bits per heavy atom. The molecule has 2 nitrogen and oxygen atoms in total. The van der Waals surface area contributed by atoms with E-state index in [-0.39, 0.29) is 5.91 Å². The molecule has 1 saturated carbocycles. The molecule has 1 saturated heterocycles. The van der Waals surface area contributed by atoms with E-state index in [1.54, 1.807) is 6.92 Å². The van der Waals surface area contributed by atoms with Gasteiger partial charge in [-0.3, -0.25) is 4.79 Å². The summed E-state index contributed by atoms with van der Waals surface area (Å²) in [6.45, 7) is 3.51. The normalized spacial score (nSPS) is 35.4.